The smallest absolute Gasteiger partial charge is 0.288 e. The van der Waals surface area contributed by atoms with Crippen LogP contribution in [-0.2, 0) is 4.79 Å². The molecule has 6 heteroatoms. The summed E-state index contributed by atoms with van der Waals surface area (Å²) in [6.45, 7) is 3.37. The Hall–Kier alpha value is -0.590. The van der Waals surface area contributed by atoms with Crippen molar-refractivity contribution in [2.24, 2.45) is 0 Å². The van der Waals surface area contributed by atoms with E-state index in [1.165, 1.54) is 0 Å². The Balaban J connectivity index is 2.33. The fourth-order valence-electron chi connectivity index (χ4n) is 1.44. The topological polar surface area (TPSA) is 69.6 Å². The maximum absolute atomic E-state index is 11.4. The van der Waals surface area contributed by atoms with Gasteiger partial charge in [0.15, 0.2) is 0 Å². The maximum atomic E-state index is 11.4. The number of thioether (sulfide) groups is 1. The van der Waals surface area contributed by atoms with Crippen LogP contribution in [0.25, 0.3) is 0 Å². The molecule has 0 aliphatic carbocycles. The van der Waals surface area contributed by atoms with Crippen molar-refractivity contribution in [1.29, 1.82) is 0 Å². The predicted molar refractivity (Wildman–Crippen MR) is 63.4 cm³/mol. The van der Waals surface area contributed by atoms with Crippen molar-refractivity contribution in [3.63, 3.8) is 0 Å². The van der Waals surface area contributed by atoms with E-state index < -0.39 is 6.10 Å². The van der Waals surface area contributed by atoms with E-state index in [0.29, 0.717) is 18.7 Å². The number of nitrogens with zero attached hydrogens (tertiary/aromatic N) is 1. The number of nitrogens with one attached hydrogen (secondary N) is 1. The summed E-state index contributed by atoms with van der Waals surface area (Å²) >= 11 is 1.13. The molecular weight excluding hydrogens is 228 g/mol. The first-order valence-electron chi connectivity index (χ1n) is 5.51. The number of rotatable bonds is 6. The Morgan fingerprint density at radius 3 is 2.94 bits per heavy atom. The molecule has 0 bridgehead atoms. The van der Waals surface area contributed by atoms with Crippen molar-refractivity contribution < 1.29 is 14.7 Å². The number of hydrogen-bond donors (Lipinski definition) is 2. The molecule has 0 aromatic rings. The van der Waals surface area contributed by atoms with Crippen LogP contribution >= 0.6 is 11.8 Å². The molecule has 0 aromatic carbocycles. The highest BCUT2D eigenvalue weighted by atomic mass is 32.2. The second-order valence-corrected chi connectivity index (χ2v) is 4.77. The van der Waals surface area contributed by atoms with Gasteiger partial charge in [-0.3, -0.25) is 14.5 Å². The van der Waals surface area contributed by atoms with Crippen LogP contribution in [0.5, 0.6) is 0 Å². The zero-order chi connectivity index (χ0) is 12.0. The van der Waals surface area contributed by atoms with Crippen molar-refractivity contribution in [2.75, 3.05) is 25.4 Å². The Morgan fingerprint density at radius 1 is 1.56 bits per heavy atom. The lowest BCUT2D eigenvalue weighted by atomic mass is 10.3. The second-order valence-electron chi connectivity index (χ2n) is 3.73. The molecule has 1 aliphatic rings. The summed E-state index contributed by atoms with van der Waals surface area (Å²) in [6, 6.07) is 0. The number of aliphatic hydroxyl groups excluding tert-OH is 1. The van der Waals surface area contributed by atoms with E-state index in [4.69, 9.17) is 0 Å². The van der Waals surface area contributed by atoms with Gasteiger partial charge >= 0.3 is 0 Å². The van der Waals surface area contributed by atoms with E-state index in [0.717, 1.165) is 29.6 Å². The third-order valence-electron chi connectivity index (χ3n) is 2.26. The van der Waals surface area contributed by atoms with Gasteiger partial charge in [0.1, 0.15) is 0 Å². The van der Waals surface area contributed by atoms with Gasteiger partial charge in [-0.2, -0.15) is 0 Å². The third kappa shape index (κ3) is 4.11. The highest BCUT2D eigenvalue weighted by Crippen LogP contribution is 2.18. The van der Waals surface area contributed by atoms with Gasteiger partial charge in [-0.1, -0.05) is 18.7 Å². The molecule has 1 saturated heterocycles. The van der Waals surface area contributed by atoms with Crippen LogP contribution < -0.4 is 5.32 Å². The first-order valence-corrected chi connectivity index (χ1v) is 6.49. The van der Waals surface area contributed by atoms with Gasteiger partial charge in [0.25, 0.3) is 5.24 Å². The molecule has 2 amide bonds. The molecule has 16 heavy (non-hydrogen) atoms. The van der Waals surface area contributed by atoms with Crippen LogP contribution in [0.3, 0.4) is 0 Å². The molecule has 2 N–H and O–H groups in total. The van der Waals surface area contributed by atoms with Gasteiger partial charge in [0.2, 0.25) is 5.91 Å². The average molecular weight is 246 g/mol. The van der Waals surface area contributed by atoms with Crippen molar-refractivity contribution in [2.45, 2.75) is 25.9 Å². The number of aliphatic hydroxyl groups is 1. The van der Waals surface area contributed by atoms with E-state index in [-0.39, 0.29) is 17.7 Å². The molecule has 1 heterocycles. The Labute approximate surface area is 99.6 Å². The van der Waals surface area contributed by atoms with Crippen molar-refractivity contribution in [1.82, 2.24) is 10.2 Å². The molecule has 5 nitrogen and oxygen atoms in total. The molecule has 0 radical (unpaired) electrons. The maximum Gasteiger partial charge on any atom is 0.288 e. The SMILES string of the molecule is CCCNCC(O)CN1C(=O)CCSC1=O. The highest BCUT2D eigenvalue weighted by Gasteiger charge is 2.28. The molecule has 0 spiro atoms. The van der Waals surface area contributed by atoms with Gasteiger partial charge in [-0.25, -0.2) is 0 Å². The van der Waals surface area contributed by atoms with Crippen LogP contribution in [0.1, 0.15) is 19.8 Å². The summed E-state index contributed by atoms with van der Waals surface area (Å²) in [7, 11) is 0. The first-order chi connectivity index (χ1) is 7.65. The van der Waals surface area contributed by atoms with Crippen LogP contribution in [0, 0.1) is 0 Å². The molecule has 1 aliphatic heterocycles. The average Bonchev–Trinajstić information content (AvgIpc) is 2.24. The number of carbonyl (C=O) groups is 2. The largest absolute Gasteiger partial charge is 0.390 e. The highest BCUT2D eigenvalue weighted by molar-refractivity contribution is 8.13. The number of hydrogen-bond acceptors (Lipinski definition) is 5. The molecule has 0 aromatic heterocycles. The summed E-state index contributed by atoms with van der Waals surface area (Å²) in [5.41, 5.74) is 0. The van der Waals surface area contributed by atoms with Gasteiger partial charge in [-0.05, 0) is 13.0 Å². The molecule has 0 saturated carbocycles. The normalized spacial score (nSPS) is 19.0. The zero-order valence-electron chi connectivity index (χ0n) is 9.44. The van der Waals surface area contributed by atoms with E-state index in [9.17, 15) is 14.7 Å². The summed E-state index contributed by atoms with van der Waals surface area (Å²) in [5, 5.41) is 12.4. The van der Waals surface area contributed by atoms with Gasteiger partial charge in [-0.15, -0.1) is 0 Å². The minimum Gasteiger partial charge on any atom is -0.390 e. The first kappa shape index (κ1) is 13.5. The lowest BCUT2D eigenvalue weighted by Crippen LogP contribution is -2.45. The van der Waals surface area contributed by atoms with E-state index in [1.54, 1.807) is 0 Å². The Kier molecular flexibility index (Phi) is 5.79. The number of imide groups is 1. The van der Waals surface area contributed by atoms with Gasteiger partial charge in [0.05, 0.1) is 12.6 Å². The summed E-state index contributed by atoms with van der Waals surface area (Å²) in [4.78, 5) is 24.0. The van der Waals surface area contributed by atoms with E-state index in [2.05, 4.69) is 5.32 Å². The van der Waals surface area contributed by atoms with Crippen LogP contribution in [0.2, 0.25) is 0 Å². The molecule has 1 unspecified atom stereocenters. The quantitative estimate of drug-likeness (QED) is 0.665. The van der Waals surface area contributed by atoms with Crippen LogP contribution in [0.15, 0.2) is 0 Å². The van der Waals surface area contributed by atoms with Gasteiger partial charge < -0.3 is 10.4 Å². The Morgan fingerprint density at radius 2 is 2.31 bits per heavy atom. The van der Waals surface area contributed by atoms with Crippen molar-refractivity contribution in [3.8, 4) is 0 Å². The fourth-order valence-corrected chi connectivity index (χ4v) is 2.22. The monoisotopic (exact) mass is 246 g/mol. The second kappa shape index (κ2) is 6.88. The van der Waals surface area contributed by atoms with Crippen molar-refractivity contribution >= 4 is 22.9 Å². The summed E-state index contributed by atoms with van der Waals surface area (Å²) in [5.74, 6) is 0.372. The van der Waals surface area contributed by atoms with Crippen LogP contribution in [0.4, 0.5) is 4.79 Å². The number of carbonyl (C=O) groups excluding carboxylic acids is 2. The van der Waals surface area contributed by atoms with E-state index in [1.807, 2.05) is 6.92 Å². The molecular formula is C10H18N2O3S. The fraction of sp³-hybridized carbons (Fsp3) is 0.800. The molecule has 1 rings (SSSR count). The van der Waals surface area contributed by atoms with Crippen molar-refractivity contribution in [3.05, 3.63) is 0 Å². The Bertz CT molecular complexity index is 244. The molecule has 92 valence electrons. The molecule has 1 atom stereocenters. The van der Waals surface area contributed by atoms with Gasteiger partial charge in [0, 0.05) is 18.7 Å². The van der Waals surface area contributed by atoms with Crippen LogP contribution in [-0.4, -0.2) is 52.6 Å². The zero-order valence-corrected chi connectivity index (χ0v) is 10.3. The summed E-state index contributed by atoms with van der Waals surface area (Å²) in [6.07, 6.45) is 0.688. The minimum atomic E-state index is -0.682. The van der Waals surface area contributed by atoms with E-state index >= 15 is 0 Å². The lowest BCUT2D eigenvalue weighted by Gasteiger charge is -2.26. The summed E-state index contributed by atoms with van der Waals surface area (Å²) < 4.78 is 0. The number of amides is 2. The molecule has 1 fully saturated rings. The lowest BCUT2D eigenvalue weighted by molar-refractivity contribution is -0.128. The number of β-amino-alcohol motifs (C(OH)–C–C–N with tert-alkyl or cyclic N) is 1. The third-order valence-corrected chi connectivity index (χ3v) is 3.14. The minimum absolute atomic E-state index is 0.0986. The predicted octanol–water partition coefficient (Wildman–Crippen LogP) is 0.432. The standard InChI is InChI=1S/C10H18N2O3S/c1-2-4-11-6-8(13)7-12-9(14)3-5-16-10(12)15/h8,11,13H,2-7H2,1H3.